The van der Waals surface area contributed by atoms with E-state index in [0.717, 1.165) is 49.6 Å². The Morgan fingerprint density at radius 3 is 2.48 bits per heavy atom. The smallest absolute Gasteiger partial charge is 0.243 e. The minimum atomic E-state index is -3.95. The molecule has 0 unspecified atom stereocenters. The van der Waals surface area contributed by atoms with E-state index in [-0.39, 0.29) is 11.4 Å². The molecule has 0 saturated heterocycles. The average Bonchev–Trinajstić information content (AvgIpc) is 3.30. The lowest BCUT2D eigenvalue weighted by atomic mass is 10.1. The summed E-state index contributed by atoms with van der Waals surface area (Å²) in [7, 11) is -3.95. The Morgan fingerprint density at radius 1 is 0.975 bits per heavy atom. The molecular formula is C32H37FN4O2S. The van der Waals surface area contributed by atoms with Gasteiger partial charge in [-0.15, -0.1) is 0 Å². The van der Waals surface area contributed by atoms with E-state index in [1.165, 1.54) is 27.6 Å². The third-order valence-electron chi connectivity index (χ3n) is 7.56. The van der Waals surface area contributed by atoms with Gasteiger partial charge in [0.2, 0.25) is 10.0 Å². The first kappa shape index (κ1) is 28.2. The zero-order chi connectivity index (χ0) is 28.1. The Morgan fingerprint density at radius 2 is 1.73 bits per heavy atom. The van der Waals surface area contributed by atoms with Crippen LogP contribution in [-0.2, 0) is 29.7 Å². The molecule has 0 radical (unpaired) electrons. The second-order valence-electron chi connectivity index (χ2n) is 10.5. The van der Waals surface area contributed by atoms with Gasteiger partial charge in [0.25, 0.3) is 0 Å². The molecule has 0 aliphatic carbocycles. The van der Waals surface area contributed by atoms with Crippen LogP contribution in [0, 0.1) is 12.7 Å². The van der Waals surface area contributed by atoms with Crippen molar-refractivity contribution in [1.29, 1.82) is 0 Å². The van der Waals surface area contributed by atoms with Crippen LogP contribution < -0.4 is 0 Å². The van der Waals surface area contributed by atoms with Crippen LogP contribution in [0.5, 0.6) is 0 Å². The van der Waals surface area contributed by atoms with Gasteiger partial charge < -0.3 is 4.57 Å². The number of hydrogen-bond donors (Lipinski definition) is 0. The highest BCUT2D eigenvalue weighted by Crippen LogP contribution is 2.26. The van der Waals surface area contributed by atoms with Crippen LogP contribution in [0.2, 0.25) is 0 Å². The van der Waals surface area contributed by atoms with E-state index >= 15 is 0 Å². The van der Waals surface area contributed by atoms with E-state index in [4.69, 9.17) is 4.98 Å². The summed E-state index contributed by atoms with van der Waals surface area (Å²) in [6, 6.07) is 20.3. The normalized spacial score (nSPS) is 14.4. The Balaban J connectivity index is 1.52. The molecule has 1 aliphatic rings. The van der Waals surface area contributed by atoms with Gasteiger partial charge in [-0.2, -0.15) is 4.31 Å². The molecule has 8 heteroatoms. The number of hydrogen-bond acceptors (Lipinski definition) is 4. The van der Waals surface area contributed by atoms with Crippen LogP contribution in [0.1, 0.15) is 48.7 Å². The standard InChI is InChI=1S/C32H37FN4O2S/c1-3-4-20-36(40(38,39)31-21-28(33)17-16-25(31)2)24-32-34-29-14-8-9-15-30(29)37(32)23-27-13-7-6-12-26(27)22-35-18-10-5-11-19-35/h5-10,12-17,21H,3-4,11,18-20,22-24H2,1-2H3. The molecule has 0 amide bonds. The molecule has 0 fully saturated rings. The molecule has 0 atom stereocenters. The topological polar surface area (TPSA) is 58.4 Å². The molecule has 1 aromatic heterocycles. The van der Waals surface area contributed by atoms with Crippen LogP contribution in [0.3, 0.4) is 0 Å². The molecule has 0 N–H and O–H groups in total. The molecule has 0 bridgehead atoms. The van der Waals surface area contributed by atoms with Crippen molar-refractivity contribution in [2.45, 2.75) is 57.6 Å². The highest BCUT2D eigenvalue weighted by Gasteiger charge is 2.28. The highest BCUT2D eigenvalue weighted by atomic mass is 32.2. The first-order valence-corrected chi connectivity index (χ1v) is 15.5. The Kier molecular flexibility index (Phi) is 8.78. The van der Waals surface area contributed by atoms with Crippen LogP contribution in [0.15, 0.2) is 83.8 Å². The summed E-state index contributed by atoms with van der Waals surface area (Å²) in [5, 5.41) is 0. The van der Waals surface area contributed by atoms with Crippen LogP contribution >= 0.6 is 0 Å². The van der Waals surface area contributed by atoms with Gasteiger partial charge in [0.15, 0.2) is 0 Å². The van der Waals surface area contributed by atoms with Crippen molar-refractivity contribution in [3.05, 3.63) is 107 Å². The number of unbranched alkanes of at least 4 members (excludes halogenated alkanes) is 1. The molecule has 210 valence electrons. The zero-order valence-corrected chi connectivity index (χ0v) is 24.1. The van der Waals surface area contributed by atoms with E-state index < -0.39 is 15.8 Å². The monoisotopic (exact) mass is 560 g/mol. The minimum absolute atomic E-state index is 0.00666. The number of aryl methyl sites for hydroxylation is 1. The predicted octanol–water partition coefficient (Wildman–Crippen LogP) is 6.29. The number of para-hydroxylation sites is 2. The number of aromatic nitrogens is 2. The van der Waals surface area contributed by atoms with Crippen LogP contribution in [0.25, 0.3) is 11.0 Å². The van der Waals surface area contributed by atoms with Crippen molar-refractivity contribution in [2.75, 3.05) is 19.6 Å². The molecule has 4 aromatic rings. The molecular weight excluding hydrogens is 523 g/mol. The van der Waals surface area contributed by atoms with Gasteiger partial charge in [0, 0.05) is 32.7 Å². The lowest BCUT2D eigenvalue weighted by molar-refractivity contribution is 0.289. The van der Waals surface area contributed by atoms with Gasteiger partial charge in [0.1, 0.15) is 11.6 Å². The van der Waals surface area contributed by atoms with Gasteiger partial charge in [-0.1, -0.05) is 68.0 Å². The van der Waals surface area contributed by atoms with E-state index in [0.29, 0.717) is 30.9 Å². The van der Waals surface area contributed by atoms with Crippen molar-refractivity contribution in [2.24, 2.45) is 0 Å². The molecule has 3 aromatic carbocycles. The number of nitrogens with zero attached hydrogens (tertiary/aromatic N) is 4. The Hall–Kier alpha value is -3.33. The summed E-state index contributed by atoms with van der Waals surface area (Å²) in [5.41, 5.74) is 4.75. The summed E-state index contributed by atoms with van der Waals surface area (Å²) < 4.78 is 45.5. The number of imidazole rings is 1. The second kappa shape index (κ2) is 12.5. The number of rotatable bonds is 11. The Labute approximate surface area is 236 Å². The maximum Gasteiger partial charge on any atom is 0.243 e. The summed E-state index contributed by atoms with van der Waals surface area (Å²) >= 11 is 0. The van der Waals surface area contributed by atoms with Gasteiger partial charge in [-0.05, 0) is 60.7 Å². The fourth-order valence-electron chi connectivity index (χ4n) is 5.30. The molecule has 0 saturated carbocycles. The SMILES string of the molecule is CCCCN(Cc1nc2ccccc2n1Cc1ccccc1CN1CC=CCC1)S(=O)(=O)c1cc(F)ccc1C. The van der Waals surface area contributed by atoms with E-state index in [1.807, 2.05) is 31.2 Å². The number of fused-ring (bicyclic) bond motifs is 1. The first-order valence-electron chi connectivity index (χ1n) is 14.0. The van der Waals surface area contributed by atoms with Crippen molar-refractivity contribution in [3.63, 3.8) is 0 Å². The molecule has 1 aliphatic heterocycles. The first-order chi connectivity index (χ1) is 19.4. The molecule has 6 nitrogen and oxygen atoms in total. The Bertz CT molecular complexity index is 1610. The van der Waals surface area contributed by atoms with E-state index in [9.17, 15) is 12.8 Å². The van der Waals surface area contributed by atoms with Crippen LogP contribution in [0.4, 0.5) is 4.39 Å². The minimum Gasteiger partial charge on any atom is -0.322 e. The van der Waals surface area contributed by atoms with Crippen molar-refractivity contribution in [3.8, 4) is 0 Å². The predicted molar refractivity (Wildman–Crippen MR) is 158 cm³/mol. The van der Waals surface area contributed by atoms with Gasteiger partial charge in [-0.3, -0.25) is 4.90 Å². The van der Waals surface area contributed by atoms with E-state index in [2.05, 4.69) is 45.9 Å². The maximum atomic E-state index is 14.2. The number of benzene rings is 3. The summed E-state index contributed by atoms with van der Waals surface area (Å²) in [4.78, 5) is 7.36. The van der Waals surface area contributed by atoms with Gasteiger partial charge >= 0.3 is 0 Å². The molecule has 40 heavy (non-hydrogen) atoms. The second-order valence-corrected chi connectivity index (χ2v) is 12.4. The van der Waals surface area contributed by atoms with Crippen molar-refractivity contribution < 1.29 is 12.8 Å². The summed E-state index contributed by atoms with van der Waals surface area (Å²) in [6.45, 7) is 7.58. The highest BCUT2D eigenvalue weighted by molar-refractivity contribution is 7.89. The molecule has 0 spiro atoms. The fraction of sp³-hybridized carbons (Fsp3) is 0.344. The quantitative estimate of drug-likeness (QED) is 0.203. The summed E-state index contributed by atoms with van der Waals surface area (Å²) in [6.07, 6.45) is 7.05. The maximum absolute atomic E-state index is 14.2. The van der Waals surface area contributed by atoms with E-state index in [1.54, 1.807) is 6.92 Å². The molecule has 5 rings (SSSR count). The lowest BCUT2D eigenvalue weighted by Crippen LogP contribution is -2.33. The molecule has 2 heterocycles. The van der Waals surface area contributed by atoms with Crippen molar-refractivity contribution in [1.82, 2.24) is 18.8 Å². The van der Waals surface area contributed by atoms with Crippen LogP contribution in [-0.4, -0.2) is 46.8 Å². The average molecular weight is 561 g/mol. The third kappa shape index (κ3) is 6.19. The lowest BCUT2D eigenvalue weighted by Gasteiger charge is -2.25. The fourth-order valence-corrected chi connectivity index (χ4v) is 6.97. The number of sulfonamides is 1. The number of halogens is 1. The largest absolute Gasteiger partial charge is 0.322 e. The zero-order valence-electron chi connectivity index (χ0n) is 23.3. The van der Waals surface area contributed by atoms with Gasteiger partial charge in [-0.25, -0.2) is 17.8 Å². The van der Waals surface area contributed by atoms with Gasteiger partial charge in [0.05, 0.1) is 22.5 Å². The summed E-state index contributed by atoms with van der Waals surface area (Å²) in [5.74, 6) is 0.110. The van der Waals surface area contributed by atoms with Crippen molar-refractivity contribution >= 4 is 21.1 Å². The third-order valence-corrected chi connectivity index (χ3v) is 9.55.